The van der Waals surface area contributed by atoms with Crippen LogP contribution in [0.25, 0.3) is 0 Å². The normalized spacial score (nSPS) is 20.0. The third kappa shape index (κ3) is 4.68. The lowest BCUT2D eigenvalue weighted by Gasteiger charge is -2.27. The van der Waals surface area contributed by atoms with Gasteiger partial charge in [0, 0.05) is 31.9 Å². The number of benzene rings is 1. The van der Waals surface area contributed by atoms with Crippen LogP contribution in [0.4, 0.5) is 5.69 Å². The van der Waals surface area contributed by atoms with Gasteiger partial charge in [-0.15, -0.1) is 0 Å². The van der Waals surface area contributed by atoms with E-state index in [2.05, 4.69) is 17.0 Å². The van der Waals surface area contributed by atoms with Crippen LogP contribution in [0, 0.1) is 0 Å². The van der Waals surface area contributed by atoms with Crippen molar-refractivity contribution in [1.82, 2.24) is 0 Å². The fourth-order valence-corrected chi connectivity index (χ4v) is 2.73. The van der Waals surface area contributed by atoms with Gasteiger partial charge in [0.15, 0.2) is 0 Å². The average molecular weight is 294 g/mol. The molecule has 0 saturated carbocycles. The summed E-state index contributed by atoms with van der Waals surface area (Å²) in [6.45, 7) is 2.87. The van der Waals surface area contributed by atoms with E-state index < -0.39 is 6.10 Å². The molecule has 118 valence electrons. The van der Waals surface area contributed by atoms with Crippen molar-refractivity contribution in [2.45, 2.75) is 25.0 Å². The van der Waals surface area contributed by atoms with E-state index in [1.54, 1.807) is 7.11 Å². The zero-order chi connectivity index (χ0) is 15.1. The molecule has 1 aliphatic heterocycles. The van der Waals surface area contributed by atoms with Crippen molar-refractivity contribution in [2.75, 3.05) is 44.9 Å². The van der Waals surface area contributed by atoms with Crippen molar-refractivity contribution >= 4 is 5.69 Å². The molecule has 21 heavy (non-hydrogen) atoms. The monoisotopic (exact) mass is 294 g/mol. The zero-order valence-electron chi connectivity index (χ0n) is 12.7. The molecule has 1 aliphatic rings. The number of para-hydroxylation sites is 1. The van der Waals surface area contributed by atoms with Crippen LogP contribution in [0.5, 0.6) is 0 Å². The van der Waals surface area contributed by atoms with Crippen molar-refractivity contribution in [1.29, 1.82) is 0 Å². The van der Waals surface area contributed by atoms with Crippen LogP contribution in [-0.2, 0) is 9.47 Å². The molecule has 0 spiro atoms. The molecule has 2 unspecified atom stereocenters. The fourth-order valence-electron chi connectivity index (χ4n) is 2.73. The van der Waals surface area contributed by atoms with Gasteiger partial charge in [0.05, 0.1) is 25.9 Å². The number of aliphatic hydroxyl groups excluding tert-OH is 1. The second-order valence-electron chi connectivity index (χ2n) is 5.48. The molecule has 3 N–H and O–H groups in total. The molecule has 0 aliphatic carbocycles. The highest BCUT2D eigenvalue weighted by molar-refractivity contribution is 5.55. The largest absolute Gasteiger partial charge is 0.389 e. The Morgan fingerprint density at radius 1 is 1.38 bits per heavy atom. The average Bonchev–Trinajstić information content (AvgIpc) is 2.64. The highest BCUT2D eigenvalue weighted by atomic mass is 16.5. The van der Waals surface area contributed by atoms with E-state index in [1.807, 2.05) is 12.1 Å². The van der Waals surface area contributed by atoms with Gasteiger partial charge in [-0.1, -0.05) is 18.2 Å². The number of rotatable bonds is 7. The summed E-state index contributed by atoms with van der Waals surface area (Å²) in [5.41, 5.74) is 8.53. The lowest BCUT2D eigenvalue weighted by atomic mass is 10.0. The van der Waals surface area contributed by atoms with E-state index in [4.69, 9.17) is 15.2 Å². The van der Waals surface area contributed by atoms with E-state index in [0.29, 0.717) is 26.4 Å². The molecule has 0 saturated heterocycles. The Bertz CT molecular complexity index is 428. The first kappa shape index (κ1) is 16.2. The highest BCUT2D eigenvalue weighted by Gasteiger charge is 2.21. The Morgan fingerprint density at radius 2 is 2.19 bits per heavy atom. The second kappa shape index (κ2) is 8.34. The minimum Gasteiger partial charge on any atom is -0.389 e. The Kier molecular flexibility index (Phi) is 6.45. The number of hydrogen-bond donors (Lipinski definition) is 2. The van der Waals surface area contributed by atoms with Crippen molar-refractivity contribution < 1.29 is 14.6 Å². The summed E-state index contributed by atoms with van der Waals surface area (Å²) < 4.78 is 10.3. The zero-order valence-corrected chi connectivity index (χ0v) is 12.7. The summed E-state index contributed by atoms with van der Waals surface area (Å²) in [6.07, 6.45) is 1.50. The van der Waals surface area contributed by atoms with Crippen LogP contribution in [0.15, 0.2) is 24.3 Å². The van der Waals surface area contributed by atoms with Crippen LogP contribution in [-0.4, -0.2) is 51.2 Å². The van der Waals surface area contributed by atoms with Crippen molar-refractivity contribution in [3.8, 4) is 0 Å². The molecule has 0 amide bonds. The number of anilines is 1. The number of methoxy groups -OCH3 is 1. The number of nitrogens with two attached hydrogens (primary N) is 1. The molecule has 0 radical (unpaired) electrons. The first-order valence-electron chi connectivity index (χ1n) is 7.56. The van der Waals surface area contributed by atoms with Crippen molar-refractivity contribution in [2.24, 2.45) is 5.73 Å². The Hall–Kier alpha value is -1.14. The van der Waals surface area contributed by atoms with E-state index in [-0.39, 0.29) is 6.04 Å². The summed E-state index contributed by atoms with van der Waals surface area (Å²) in [4.78, 5) is 2.21. The van der Waals surface area contributed by atoms with E-state index in [1.165, 1.54) is 5.56 Å². The first-order chi connectivity index (χ1) is 10.2. The number of hydrogen-bond acceptors (Lipinski definition) is 5. The smallest absolute Gasteiger partial charge is 0.0948 e. The molecule has 5 heteroatoms. The van der Waals surface area contributed by atoms with Gasteiger partial charge in [-0.2, -0.15) is 0 Å². The Balaban J connectivity index is 1.94. The Morgan fingerprint density at radius 3 is 3.00 bits per heavy atom. The molecule has 5 nitrogen and oxygen atoms in total. The fraction of sp³-hybridized carbons (Fsp3) is 0.625. The molecule has 0 fully saturated rings. The SMILES string of the molecule is COCCOCC(O)CN1CCCC(N)c2ccccc21. The van der Waals surface area contributed by atoms with Crippen LogP contribution in [0.3, 0.4) is 0 Å². The van der Waals surface area contributed by atoms with E-state index >= 15 is 0 Å². The Labute approximate surface area is 126 Å². The minimum atomic E-state index is -0.510. The van der Waals surface area contributed by atoms with Gasteiger partial charge in [0.25, 0.3) is 0 Å². The first-order valence-corrected chi connectivity index (χ1v) is 7.56. The van der Waals surface area contributed by atoms with Gasteiger partial charge in [0.2, 0.25) is 0 Å². The van der Waals surface area contributed by atoms with Gasteiger partial charge < -0.3 is 25.2 Å². The molecular weight excluding hydrogens is 268 g/mol. The molecule has 1 heterocycles. The molecule has 1 aromatic rings. The van der Waals surface area contributed by atoms with Crippen molar-refractivity contribution in [3.05, 3.63) is 29.8 Å². The topological polar surface area (TPSA) is 68.0 Å². The van der Waals surface area contributed by atoms with Gasteiger partial charge in [-0.3, -0.25) is 0 Å². The van der Waals surface area contributed by atoms with Gasteiger partial charge >= 0.3 is 0 Å². The van der Waals surface area contributed by atoms with Gasteiger partial charge in [-0.05, 0) is 24.5 Å². The third-order valence-electron chi connectivity index (χ3n) is 3.79. The number of aliphatic hydroxyl groups is 1. The summed E-state index contributed by atoms with van der Waals surface area (Å²) in [5, 5.41) is 10.1. The molecule has 2 rings (SSSR count). The molecule has 0 aromatic heterocycles. The summed E-state index contributed by atoms with van der Waals surface area (Å²) in [7, 11) is 1.64. The van der Waals surface area contributed by atoms with Crippen molar-refractivity contribution in [3.63, 3.8) is 0 Å². The van der Waals surface area contributed by atoms with Crippen LogP contribution in [0.2, 0.25) is 0 Å². The van der Waals surface area contributed by atoms with Crippen LogP contribution >= 0.6 is 0 Å². The van der Waals surface area contributed by atoms with Gasteiger partial charge in [-0.25, -0.2) is 0 Å². The van der Waals surface area contributed by atoms with E-state index in [9.17, 15) is 5.11 Å². The number of fused-ring (bicyclic) bond motifs is 1. The van der Waals surface area contributed by atoms with Gasteiger partial charge in [0.1, 0.15) is 0 Å². The number of β-amino-alcohol motifs (C(OH)–C–C–N with tert-alkyl or cyclic N) is 1. The summed E-state index contributed by atoms with van der Waals surface area (Å²) >= 11 is 0. The number of nitrogens with zero attached hydrogens (tertiary/aromatic N) is 1. The summed E-state index contributed by atoms with van der Waals surface area (Å²) in [6, 6.07) is 8.29. The molecule has 0 bridgehead atoms. The molecular formula is C16H26N2O3. The lowest BCUT2D eigenvalue weighted by Crippen LogP contribution is -2.35. The maximum atomic E-state index is 10.1. The standard InChI is InChI=1S/C16H26N2O3/c1-20-9-10-21-12-13(19)11-18-8-4-6-15(17)14-5-2-3-7-16(14)18/h2-3,5,7,13,15,19H,4,6,8-12,17H2,1H3. The predicted molar refractivity (Wildman–Crippen MR) is 83.5 cm³/mol. The van der Waals surface area contributed by atoms with Crippen LogP contribution in [0.1, 0.15) is 24.4 Å². The second-order valence-corrected chi connectivity index (χ2v) is 5.48. The lowest BCUT2D eigenvalue weighted by molar-refractivity contribution is 0.0161. The van der Waals surface area contributed by atoms with Crippen LogP contribution < -0.4 is 10.6 Å². The highest BCUT2D eigenvalue weighted by Crippen LogP contribution is 2.31. The minimum absolute atomic E-state index is 0.0845. The maximum Gasteiger partial charge on any atom is 0.0948 e. The predicted octanol–water partition coefficient (Wildman–Crippen LogP) is 1.31. The van der Waals surface area contributed by atoms with E-state index in [0.717, 1.165) is 25.1 Å². The maximum absolute atomic E-state index is 10.1. The molecule has 1 aromatic carbocycles. The quantitative estimate of drug-likeness (QED) is 0.742. The summed E-state index contributed by atoms with van der Waals surface area (Å²) in [5.74, 6) is 0. The number of ether oxygens (including phenoxy) is 2. The third-order valence-corrected chi connectivity index (χ3v) is 3.79. The molecule has 2 atom stereocenters.